The first kappa shape index (κ1) is 10.7. The lowest BCUT2D eigenvalue weighted by Crippen LogP contribution is -2.29. The van der Waals surface area contributed by atoms with Gasteiger partial charge in [0.25, 0.3) is 0 Å². The third-order valence-corrected chi connectivity index (χ3v) is 2.25. The highest BCUT2D eigenvalue weighted by molar-refractivity contribution is 4.89. The molecule has 0 radical (unpaired) electrons. The summed E-state index contributed by atoms with van der Waals surface area (Å²) in [4.78, 5) is 2.25. The van der Waals surface area contributed by atoms with Gasteiger partial charge in [0.1, 0.15) is 0 Å². The molecule has 0 rings (SSSR count). The quantitative estimate of drug-likeness (QED) is 0.564. The Hall–Kier alpha value is -0.300. The molecule has 0 saturated carbocycles. The molecule has 0 unspecified atom stereocenters. The topological polar surface area (TPSA) is 3.24 Å². The van der Waals surface area contributed by atoms with Gasteiger partial charge < -0.3 is 4.90 Å². The molecule has 2 atom stereocenters. The third kappa shape index (κ3) is 4.20. The van der Waals surface area contributed by atoms with E-state index in [0.717, 1.165) is 6.42 Å². The number of nitrogens with zero attached hydrogens (tertiary/aromatic N) is 1. The molecule has 0 heterocycles. The first-order valence-corrected chi connectivity index (χ1v) is 4.42. The van der Waals surface area contributed by atoms with Crippen LogP contribution in [0.2, 0.25) is 0 Å². The first-order valence-electron chi connectivity index (χ1n) is 4.42. The van der Waals surface area contributed by atoms with Crippen molar-refractivity contribution in [3.05, 3.63) is 12.2 Å². The van der Waals surface area contributed by atoms with Crippen LogP contribution in [-0.2, 0) is 0 Å². The van der Waals surface area contributed by atoms with Gasteiger partial charge in [-0.2, -0.15) is 0 Å². The van der Waals surface area contributed by atoms with Crippen molar-refractivity contribution in [2.45, 2.75) is 33.2 Å². The minimum Gasteiger partial charge on any atom is -0.306 e. The summed E-state index contributed by atoms with van der Waals surface area (Å²) in [7, 11) is 4.25. The smallest absolute Gasteiger partial charge is 0.0121 e. The van der Waals surface area contributed by atoms with Crippen molar-refractivity contribution in [1.29, 1.82) is 0 Å². The number of rotatable bonds is 4. The molecule has 0 aromatic carbocycles. The van der Waals surface area contributed by atoms with Crippen molar-refractivity contribution in [3.8, 4) is 0 Å². The molecule has 1 heteroatoms. The molecule has 0 aromatic rings. The van der Waals surface area contributed by atoms with Gasteiger partial charge in [0, 0.05) is 6.04 Å². The predicted octanol–water partition coefficient (Wildman–Crippen LogP) is 2.54. The SMILES string of the molecule is CC/C=C\[C@H](C)[C@@H](C)N(C)C. The van der Waals surface area contributed by atoms with Crippen LogP contribution >= 0.6 is 0 Å². The van der Waals surface area contributed by atoms with Crippen LogP contribution in [0.4, 0.5) is 0 Å². The van der Waals surface area contributed by atoms with Crippen molar-refractivity contribution >= 4 is 0 Å². The molecule has 0 aliphatic heterocycles. The van der Waals surface area contributed by atoms with Gasteiger partial charge in [0.15, 0.2) is 0 Å². The fraction of sp³-hybridized carbons (Fsp3) is 0.800. The van der Waals surface area contributed by atoms with E-state index in [-0.39, 0.29) is 0 Å². The Morgan fingerprint density at radius 2 is 1.82 bits per heavy atom. The lowest BCUT2D eigenvalue weighted by atomic mass is 10.0. The predicted molar refractivity (Wildman–Crippen MR) is 51.7 cm³/mol. The van der Waals surface area contributed by atoms with E-state index in [0.29, 0.717) is 12.0 Å². The molecule has 0 aromatic heterocycles. The minimum atomic E-state index is 0.637. The van der Waals surface area contributed by atoms with Crippen molar-refractivity contribution in [1.82, 2.24) is 4.90 Å². The molecule has 66 valence electrons. The summed E-state index contributed by atoms with van der Waals surface area (Å²) >= 11 is 0. The average molecular weight is 155 g/mol. The standard InChI is InChI=1S/C10H21N/c1-6-7-8-9(2)10(3)11(4)5/h7-10H,6H2,1-5H3/b8-7-/t9-,10+/m0/s1. The molecule has 0 bridgehead atoms. The maximum absolute atomic E-state index is 2.30. The molecule has 0 N–H and O–H groups in total. The Labute approximate surface area is 71.1 Å². The van der Waals surface area contributed by atoms with Gasteiger partial charge in [0.05, 0.1) is 0 Å². The van der Waals surface area contributed by atoms with Crippen molar-refractivity contribution in [2.75, 3.05) is 14.1 Å². The maximum Gasteiger partial charge on any atom is 0.0121 e. The fourth-order valence-electron chi connectivity index (χ4n) is 0.982. The summed E-state index contributed by atoms with van der Waals surface area (Å²) in [6, 6.07) is 0.637. The van der Waals surface area contributed by atoms with Gasteiger partial charge in [-0.15, -0.1) is 0 Å². The summed E-state index contributed by atoms with van der Waals surface area (Å²) < 4.78 is 0. The molecule has 0 fully saturated rings. The largest absolute Gasteiger partial charge is 0.306 e. The normalized spacial score (nSPS) is 17.6. The van der Waals surface area contributed by atoms with Gasteiger partial charge in [-0.25, -0.2) is 0 Å². The molecule has 1 nitrogen and oxygen atoms in total. The zero-order valence-electron chi connectivity index (χ0n) is 8.46. The fourth-order valence-corrected chi connectivity index (χ4v) is 0.982. The minimum absolute atomic E-state index is 0.637. The molecule has 0 aliphatic rings. The van der Waals surface area contributed by atoms with E-state index in [9.17, 15) is 0 Å². The van der Waals surface area contributed by atoms with E-state index in [4.69, 9.17) is 0 Å². The summed E-state index contributed by atoms with van der Waals surface area (Å²) in [5.74, 6) is 0.657. The Balaban J connectivity index is 3.81. The second-order valence-corrected chi connectivity index (χ2v) is 3.40. The Kier molecular flexibility index (Phi) is 5.22. The van der Waals surface area contributed by atoms with Gasteiger partial charge >= 0.3 is 0 Å². The number of hydrogen-bond acceptors (Lipinski definition) is 1. The summed E-state index contributed by atoms with van der Waals surface area (Å²) in [5, 5.41) is 0. The van der Waals surface area contributed by atoms with Gasteiger partial charge in [-0.1, -0.05) is 26.0 Å². The molecule has 0 spiro atoms. The van der Waals surface area contributed by atoms with E-state index >= 15 is 0 Å². The monoisotopic (exact) mass is 155 g/mol. The molecular formula is C10H21N. The van der Waals surface area contributed by atoms with Crippen LogP contribution in [0, 0.1) is 5.92 Å². The Morgan fingerprint density at radius 1 is 1.27 bits per heavy atom. The van der Waals surface area contributed by atoms with E-state index in [1.165, 1.54) is 0 Å². The van der Waals surface area contributed by atoms with Gasteiger partial charge in [-0.3, -0.25) is 0 Å². The third-order valence-electron chi connectivity index (χ3n) is 2.25. The molecule has 0 amide bonds. The first-order chi connectivity index (χ1) is 5.09. The summed E-state index contributed by atoms with van der Waals surface area (Å²) in [5.41, 5.74) is 0. The highest BCUT2D eigenvalue weighted by Crippen LogP contribution is 2.08. The second kappa shape index (κ2) is 5.36. The van der Waals surface area contributed by atoms with Crippen LogP contribution in [0.1, 0.15) is 27.2 Å². The lowest BCUT2D eigenvalue weighted by molar-refractivity contribution is 0.267. The van der Waals surface area contributed by atoms with Crippen LogP contribution < -0.4 is 0 Å². The molecule has 0 aliphatic carbocycles. The van der Waals surface area contributed by atoms with Crippen molar-refractivity contribution in [3.63, 3.8) is 0 Å². The van der Waals surface area contributed by atoms with Crippen LogP contribution in [0.25, 0.3) is 0 Å². The van der Waals surface area contributed by atoms with Crippen LogP contribution in [0.3, 0.4) is 0 Å². The summed E-state index contributed by atoms with van der Waals surface area (Å²) in [6.07, 6.45) is 5.68. The van der Waals surface area contributed by atoms with E-state index in [2.05, 4.69) is 51.9 Å². The zero-order chi connectivity index (χ0) is 8.85. The van der Waals surface area contributed by atoms with Crippen molar-refractivity contribution < 1.29 is 0 Å². The van der Waals surface area contributed by atoms with Crippen LogP contribution in [0.15, 0.2) is 12.2 Å². The van der Waals surface area contributed by atoms with Crippen LogP contribution in [0.5, 0.6) is 0 Å². The van der Waals surface area contributed by atoms with E-state index < -0.39 is 0 Å². The maximum atomic E-state index is 2.30. The van der Waals surface area contributed by atoms with Crippen molar-refractivity contribution in [2.24, 2.45) is 5.92 Å². The number of hydrogen-bond donors (Lipinski definition) is 0. The summed E-state index contributed by atoms with van der Waals surface area (Å²) in [6.45, 7) is 6.69. The highest BCUT2D eigenvalue weighted by Gasteiger charge is 2.09. The number of allylic oxidation sites excluding steroid dienone is 1. The zero-order valence-corrected chi connectivity index (χ0v) is 8.46. The van der Waals surface area contributed by atoms with E-state index in [1.807, 2.05) is 0 Å². The molecule has 0 saturated heterocycles. The molecule has 11 heavy (non-hydrogen) atoms. The second-order valence-electron chi connectivity index (χ2n) is 3.40. The molecular weight excluding hydrogens is 134 g/mol. The lowest BCUT2D eigenvalue weighted by Gasteiger charge is -2.23. The van der Waals surface area contributed by atoms with E-state index in [1.54, 1.807) is 0 Å². The van der Waals surface area contributed by atoms with Crippen LogP contribution in [-0.4, -0.2) is 25.0 Å². The average Bonchev–Trinajstić information content (AvgIpc) is 1.98. The van der Waals surface area contributed by atoms with Gasteiger partial charge in [-0.05, 0) is 33.4 Å². The Morgan fingerprint density at radius 3 is 2.18 bits per heavy atom. The Bertz CT molecular complexity index is 116. The highest BCUT2D eigenvalue weighted by atomic mass is 15.1. The van der Waals surface area contributed by atoms with Gasteiger partial charge in [0.2, 0.25) is 0 Å².